The van der Waals surface area contributed by atoms with Crippen LogP contribution in [-0.2, 0) is 6.42 Å². The summed E-state index contributed by atoms with van der Waals surface area (Å²) in [5, 5.41) is 0.335. The molecule has 1 atom stereocenters. The fourth-order valence-electron chi connectivity index (χ4n) is 3.39. The molecule has 0 bridgehead atoms. The van der Waals surface area contributed by atoms with E-state index in [2.05, 4.69) is 4.98 Å². The molecule has 1 aromatic heterocycles. The van der Waals surface area contributed by atoms with E-state index in [-0.39, 0.29) is 23.1 Å². The lowest BCUT2D eigenvalue weighted by Gasteiger charge is -2.14. The first-order chi connectivity index (χ1) is 13.1. The van der Waals surface area contributed by atoms with Crippen LogP contribution in [0.4, 0.5) is 4.39 Å². The van der Waals surface area contributed by atoms with Crippen LogP contribution in [0, 0.1) is 5.82 Å². The van der Waals surface area contributed by atoms with Gasteiger partial charge in [-0.25, -0.2) is 9.37 Å². The number of benzene rings is 2. The van der Waals surface area contributed by atoms with Crippen molar-refractivity contribution >= 4 is 17.9 Å². The van der Waals surface area contributed by atoms with Crippen molar-refractivity contribution in [3.63, 3.8) is 0 Å². The molecule has 0 saturated carbocycles. The molecule has 0 radical (unpaired) electrons. The topological polar surface area (TPSA) is 48.4 Å². The van der Waals surface area contributed by atoms with Gasteiger partial charge in [0.1, 0.15) is 11.9 Å². The third-order valence-corrected chi connectivity index (χ3v) is 4.95. The van der Waals surface area contributed by atoms with Gasteiger partial charge in [0.05, 0.1) is 7.11 Å². The molecule has 0 aliphatic carbocycles. The Hall–Kier alpha value is -2.92. The first-order valence-electron chi connectivity index (χ1n) is 8.35. The molecule has 1 aliphatic rings. The Balaban J connectivity index is 1.89. The minimum atomic E-state index is -0.722. The number of rotatable bonds is 4. The van der Waals surface area contributed by atoms with Gasteiger partial charge in [0.2, 0.25) is 0 Å². The number of halogens is 2. The average molecular weight is 384 g/mol. The number of ether oxygens (including phenoxy) is 2. The van der Waals surface area contributed by atoms with E-state index in [1.165, 1.54) is 13.3 Å². The molecular weight excluding hydrogens is 369 g/mol. The first kappa shape index (κ1) is 17.5. The van der Waals surface area contributed by atoms with E-state index in [1.54, 1.807) is 12.1 Å². The summed E-state index contributed by atoms with van der Waals surface area (Å²) in [7, 11) is 1.32. The predicted molar refractivity (Wildman–Crippen MR) is 100 cm³/mol. The van der Waals surface area contributed by atoms with Crippen molar-refractivity contribution in [2.75, 3.05) is 7.11 Å². The zero-order valence-electron chi connectivity index (χ0n) is 14.4. The second-order valence-electron chi connectivity index (χ2n) is 6.15. The molecule has 2 heterocycles. The highest BCUT2D eigenvalue weighted by molar-refractivity contribution is 6.33. The summed E-state index contributed by atoms with van der Waals surface area (Å²) < 4.78 is 26.1. The first-order valence-corrected chi connectivity index (χ1v) is 8.72. The lowest BCUT2D eigenvalue weighted by Crippen LogP contribution is -2.03. The number of aldehydes is 1. The predicted octanol–water partition coefficient (Wildman–Crippen LogP) is 5.04. The Morgan fingerprint density at radius 2 is 2.00 bits per heavy atom. The Bertz CT molecular complexity index is 1020. The molecule has 0 saturated heterocycles. The van der Waals surface area contributed by atoms with Crippen molar-refractivity contribution in [3.05, 3.63) is 76.2 Å². The maximum Gasteiger partial charge on any atom is 0.250 e. The van der Waals surface area contributed by atoms with Gasteiger partial charge in [-0.05, 0) is 17.7 Å². The molecule has 4 rings (SSSR count). The normalized spacial score (nSPS) is 15.1. The molecule has 6 heteroatoms. The monoisotopic (exact) mass is 383 g/mol. The fraction of sp³-hybridized carbons (Fsp3) is 0.143. The fourth-order valence-corrected chi connectivity index (χ4v) is 3.66. The van der Waals surface area contributed by atoms with Gasteiger partial charge >= 0.3 is 0 Å². The minimum Gasteiger partial charge on any atom is -0.485 e. The number of carbonyl (C=O) groups excluding carboxylic acids is 1. The zero-order chi connectivity index (χ0) is 19.0. The number of aromatic nitrogens is 1. The summed E-state index contributed by atoms with van der Waals surface area (Å²) in [6, 6.07) is 13.2. The Morgan fingerprint density at radius 1 is 1.22 bits per heavy atom. The highest BCUT2D eigenvalue weighted by Gasteiger charge is 2.31. The summed E-state index contributed by atoms with van der Waals surface area (Å²) in [6.07, 6.45) is 2.15. The number of methoxy groups -OCH3 is 1. The maximum absolute atomic E-state index is 15.0. The molecule has 0 fully saturated rings. The van der Waals surface area contributed by atoms with Crippen LogP contribution in [0.15, 0.2) is 48.7 Å². The number of pyridine rings is 1. The maximum atomic E-state index is 15.0. The van der Waals surface area contributed by atoms with E-state index in [1.807, 2.05) is 30.3 Å². The molecule has 2 aromatic carbocycles. The van der Waals surface area contributed by atoms with E-state index in [9.17, 15) is 4.79 Å². The van der Waals surface area contributed by atoms with Crippen LogP contribution in [0.25, 0.3) is 11.1 Å². The summed E-state index contributed by atoms with van der Waals surface area (Å²) >= 11 is 6.43. The lowest BCUT2D eigenvalue weighted by molar-refractivity contribution is 0.112. The molecule has 0 spiro atoms. The Morgan fingerprint density at radius 3 is 2.70 bits per heavy atom. The second kappa shape index (κ2) is 7.00. The van der Waals surface area contributed by atoms with E-state index in [0.29, 0.717) is 29.0 Å². The van der Waals surface area contributed by atoms with Crippen LogP contribution in [0.3, 0.4) is 0 Å². The largest absolute Gasteiger partial charge is 0.485 e. The van der Waals surface area contributed by atoms with Crippen molar-refractivity contribution in [2.45, 2.75) is 12.5 Å². The smallest absolute Gasteiger partial charge is 0.250 e. The van der Waals surface area contributed by atoms with Crippen LogP contribution in [0.2, 0.25) is 5.02 Å². The summed E-state index contributed by atoms with van der Waals surface area (Å²) in [6.45, 7) is 0. The molecule has 0 amide bonds. The number of fused-ring (bicyclic) bond motifs is 1. The molecular formula is C21H15ClFNO3. The SMILES string of the molecule is COc1ncc(C=O)c(-c2c(Cl)ccc3c2CC(c2ccccc2)O3)c1F. The van der Waals surface area contributed by atoms with Gasteiger partial charge in [-0.1, -0.05) is 41.9 Å². The third kappa shape index (κ3) is 2.94. The summed E-state index contributed by atoms with van der Waals surface area (Å²) in [4.78, 5) is 15.4. The molecule has 0 N–H and O–H groups in total. The van der Waals surface area contributed by atoms with Crippen molar-refractivity contribution in [1.29, 1.82) is 0 Å². The summed E-state index contributed by atoms with van der Waals surface area (Å²) in [5.41, 5.74) is 2.39. The second-order valence-corrected chi connectivity index (χ2v) is 6.56. The molecule has 27 heavy (non-hydrogen) atoms. The molecule has 1 aliphatic heterocycles. The minimum absolute atomic E-state index is 0.0796. The van der Waals surface area contributed by atoms with Crippen molar-refractivity contribution in [3.8, 4) is 22.8 Å². The van der Waals surface area contributed by atoms with Gasteiger partial charge in [0.25, 0.3) is 5.88 Å². The number of hydrogen-bond donors (Lipinski definition) is 0. The van der Waals surface area contributed by atoms with Crippen molar-refractivity contribution in [1.82, 2.24) is 4.98 Å². The molecule has 4 nitrogen and oxygen atoms in total. The van der Waals surface area contributed by atoms with Gasteiger partial charge < -0.3 is 9.47 Å². The number of carbonyl (C=O) groups is 1. The van der Waals surface area contributed by atoms with Gasteiger partial charge in [-0.3, -0.25) is 4.79 Å². The molecule has 136 valence electrons. The van der Waals surface area contributed by atoms with Crippen LogP contribution < -0.4 is 9.47 Å². The van der Waals surface area contributed by atoms with Crippen LogP contribution in [0.1, 0.15) is 27.6 Å². The van der Waals surface area contributed by atoms with Crippen LogP contribution >= 0.6 is 11.6 Å². The van der Waals surface area contributed by atoms with E-state index in [0.717, 1.165) is 11.1 Å². The average Bonchev–Trinajstić information content (AvgIpc) is 3.13. The van der Waals surface area contributed by atoms with Gasteiger partial charge in [-0.15, -0.1) is 0 Å². The van der Waals surface area contributed by atoms with Gasteiger partial charge in [0.15, 0.2) is 12.1 Å². The Labute approximate surface area is 160 Å². The highest BCUT2D eigenvalue weighted by Crippen LogP contribution is 2.47. The van der Waals surface area contributed by atoms with Crippen molar-refractivity contribution in [2.24, 2.45) is 0 Å². The van der Waals surface area contributed by atoms with E-state index in [4.69, 9.17) is 21.1 Å². The summed E-state index contributed by atoms with van der Waals surface area (Å²) in [5.74, 6) is -0.293. The highest BCUT2D eigenvalue weighted by atomic mass is 35.5. The zero-order valence-corrected chi connectivity index (χ0v) is 15.2. The number of nitrogens with zero attached hydrogens (tertiary/aromatic N) is 1. The molecule has 3 aromatic rings. The third-order valence-electron chi connectivity index (χ3n) is 4.64. The molecule has 1 unspecified atom stereocenters. The Kier molecular flexibility index (Phi) is 4.54. The quantitative estimate of drug-likeness (QED) is 0.592. The van der Waals surface area contributed by atoms with Crippen LogP contribution in [0.5, 0.6) is 11.6 Å². The lowest BCUT2D eigenvalue weighted by atomic mass is 9.93. The van der Waals surface area contributed by atoms with Gasteiger partial charge in [-0.2, -0.15) is 0 Å². The van der Waals surface area contributed by atoms with Crippen molar-refractivity contribution < 1.29 is 18.7 Å². The number of hydrogen-bond acceptors (Lipinski definition) is 4. The van der Waals surface area contributed by atoms with E-state index >= 15 is 4.39 Å². The van der Waals surface area contributed by atoms with Crippen LogP contribution in [-0.4, -0.2) is 18.4 Å². The van der Waals surface area contributed by atoms with Gasteiger partial charge in [0, 0.05) is 39.9 Å². The van der Waals surface area contributed by atoms with E-state index < -0.39 is 5.82 Å². The standard InChI is InChI=1S/C21H15ClFNO3/c1-26-21-20(23)18(13(11-25)10-24-21)19-14-9-17(12-5-3-2-4-6-12)27-16(14)8-7-15(19)22/h2-8,10-11,17H,9H2,1H3.